The molecular formula is C16H24N2O2. The number of carbonyl (C=O) groups is 1. The van der Waals surface area contributed by atoms with Crippen molar-refractivity contribution in [1.29, 1.82) is 0 Å². The van der Waals surface area contributed by atoms with Crippen LogP contribution in [0.15, 0.2) is 18.2 Å². The van der Waals surface area contributed by atoms with Crippen LogP contribution in [0, 0.1) is 0 Å². The quantitative estimate of drug-likeness (QED) is 0.923. The van der Waals surface area contributed by atoms with Gasteiger partial charge in [-0.2, -0.15) is 0 Å². The summed E-state index contributed by atoms with van der Waals surface area (Å²) in [7, 11) is 0. The number of nitrogens with two attached hydrogens (primary N) is 1. The summed E-state index contributed by atoms with van der Waals surface area (Å²) >= 11 is 0. The number of carbonyl (C=O) groups excluding carboxylic acids is 1. The minimum absolute atomic E-state index is 0.0118. The number of amides is 1. The minimum atomic E-state index is -0.828. The van der Waals surface area contributed by atoms with Crippen LogP contribution in [0.1, 0.15) is 52.6 Å². The van der Waals surface area contributed by atoms with Gasteiger partial charge >= 0.3 is 0 Å². The zero-order valence-corrected chi connectivity index (χ0v) is 12.9. The second-order valence-electron chi connectivity index (χ2n) is 6.12. The van der Waals surface area contributed by atoms with Gasteiger partial charge in [0.1, 0.15) is 5.75 Å². The molecule has 0 bridgehead atoms. The average Bonchev–Trinajstić information content (AvgIpc) is 2.38. The molecule has 4 nitrogen and oxygen atoms in total. The Balaban J connectivity index is 2.54. The maximum atomic E-state index is 12.6. The molecule has 0 radical (unpaired) electrons. The SMILES string of the molecule is CCC(N)c1ccc2c(c1)N(C(C)C)C(=O)C(C)(C)O2. The summed E-state index contributed by atoms with van der Waals surface area (Å²) in [5, 5.41) is 0. The van der Waals surface area contributed by atoms with E-state index in [1.807, 2.05) is 36.9 Å². The Kier molecular flexibility index (Phi) is 3.78. The van der Waals surface area contributed by atoms with Gasteiger partial charge in [0.2, 0.25) is 0 Å². The largest absolute Gasteiger partial charge is 0.476 e. The van der Waals surface area contributed by atoms with E-state index in [-0.39, 0.29) is 18.0 Å². The summed E-state index contributed by atoms with van der Waals surface area (Å²) in [6, 6.07) is 5.95. The fourth-order valence-corrected chi connectivity index (χ4v) is 2.51. The highest BCUT2D eigenvalue weighted by atomic mass is 16.5. The van der Waals surface area contributed by atoms with Crippen LogP contribution < -0.4 is 15.4 Å². The van der Waals surface area contributed by atoms with Crippen molar-refractivity contribution in [3.8, 4) is 5.75 Å². The van der Waals surface area contributed by atoms with Gasteiger partial charge in [-0.05, 0) is 51.8 Å². The Labute approximate surface area is 120 Å². The lowest BCUT2D eigenvalue weighted by Gasteiger charge is -2.41. The van der Waals surface area contributed by atoms with Crippen molar-refractivity contribution in [2.75, 3.05) is 4.90 Å². The number of nitrogens with zero attached hydrogens (tertiary/aromatic N) is 1. The average molecular weight is 276 g/mol. The highest BCUT2D eigenvalue weighted by Gasteiger charge is 2.42. The van der Waals surface area contributed by atoms with Crippen LogP contribution in [0.3, 0.4) is 0 Å². The molecule has 0 saturated heterocycles. The molecular weight excluding hydrogens is 252 g/mol. The highest BCUT2D eigenvalue weighted by Crippen LogP contribution is 2.40. The number of rotatable bonds is 3. The van der Waals surface area contributed by atoms with Crippen LogP contribution in [-0.2, 0) is 4.79 Å². The molecule has 0 aromatic heterocycles. The summed E-state index contributed by atoms with van der Waals surface area (Å²) < 4.78 is 5.85. The van der Waals surface area contributed by atoms with Crippen molar-refractivity contribution in [1.82, 2.24) is 0 Å². The van der Waals surface area contributed by atoms with E-state index >= 15 is 0 Å². The van der Waals surface area contributed by atoms with Crippen molar-refractivity contribution >= 4 is 11.6 Å². The van der Waals surface area contributed by atoms with Gasteiger partial charge in [-0.25, -0.2) is 0 Å². The molecule has 1 unspecified atom stereocenters. The van der Waals surface area contributed by atoms with E-state index in [9.17, 15) is 4.79 Å². The van der Waals surface area contributed by atoms with Crippen molar-refractivity contribution in [2.24, 2.45) is 5.73 Å². The normalized spacial score (nSPS) is 18.8. The molecule has 1 aliphatic heterocycles. The first-order chi connectivity index (χ1) is 9.27. The van der Waals surface area contributed by atoms with Crippen molar-refractivity contribution in [2.45, 2.75) is 58.7 Å². The predicted molar refractivity (Wildman–Crippen MR) is 81.0 cm³/mol. The second-order valence-corrected chi connectivity index (χ2v) is 6.12. The van der Waals surface area contributed by atoms with Crippen LogP contribution >= 0.6 is 0 Å². The Morgan fingerprint density at radius 3 is 2.55 bits per heavy atom. The third kappa shape index (κ3) is 2.40. The van der Waals surface area contributed by atoms with Crippen LogP contribution in [0.5, 0.6) is 5.75 Å². The highest BCUT2D eigenvalue weighted by molar-refractivity contribution is 6.02. The smallest absolute Gasteiger partial charge is 0.270 e. The lowest BCUT2D eigenvalue weighted by Crippen LogP contribution is -2.54. The first kappa shape index (κ1) is 14.9. The molecule has 1 atom stereocenters. The summed E-state index contributed by atoms with van der Waals surface area (Å²) in [4.78, 5) is 14.4. The van der Waals surface area contributed by atoms with Crippen LogP contribution in [-0.4, -0.2) is 17.6 Å². The molecule has 2 N–H and O–H groups in total. The predicted octanol–water partition coefficient (Wildman–Crippen LogP) is 3.01. The minimum Gasteiger partial charge on any atom is -0.476 e. The van der Waals surface area contributed by atoms with Gasteiger partial charge in [-0.1, -0.05) is 13.0 Å². The molecule has 0 aliphatic carbocycles. The lowest BCUT2D eigenvalue weighted by molar-refractivity contribution is -0.133. The molecule has 1 aromatic rings. The number of fused-ring (bicyclic) bond motifs is 1. The lowest BCUT2D eigenvalue weighted by atomic mass is 9.99. The third-order valence-electron chi connectivity index (χ3n) is 3.73. The molecule has 4 heteroatoms. The van der Waals surface area contributed by atoms with Gasteiger partial charge in [0.05, 0.1) is 5.69 Å². The van der Waals surface area contributed by atoms with Crippen LogP contribution in [0.2, 0.25) is 0 Å². The monoisotopic (exact) mass is 276 g/mol. The molecule has 0 spiro atoms. The number of benzene rings is 1. The summed E-state index contributed by atoms with van der Waals surface area (Å²) in [6.07, 6.45) is 0.862. The molecule has 110 valence electrons. The molecule has 20 heavy (non-hydrogen) atoms. The van der Waals surface area contributed by atoms with Crippen LogP contribution in [0.4, 0.5) is 5.69 Å². The zero-order valence-electron chi connectivity index (χ0n) is 12.9. The van der Waals surface area contributed by atoms with Gasteiger partial charge in [0, 0.05) is 12.1 Å². The molecule has 1 aliphatic rings. The standard InChI is InChI=1S/C16H24N2O2/c1-6-12(17)11-7-8-14-13(9-11)18(10(2)3)15(19)16(4,5)20-14/h7-10,12H,6,17H2,1-5H3. The Morgan fingerprint density at radius 1 is 1.35 bits per heavy atom. The fourth-order valence-electron chi connectivity index (χ4n) is 2.51. The Bertz CT molecular complexity index is 523. The molecule has 0 saturated carbocycles. The molecule has 1 aromatic carbocycles. The topological polar surface area (TPSA) is 55.6 Å². The fraction of sp³-hybridized carbons (Fsp3) is 0.562. The van der Waals surface area contributed by atoms with Crippen molar-refractivity contribution < 1.29 is 9.53 Å². The molecule has 0 fully saturated rings. The van der Waals surface area contributed by atoms with E-state index in [0.717, 1.165) is 23.4 Å². The number of hydrogen-bond acceptors (Lipinski definition) is 3. The number of hydrogen-bond donors (Lipinski definition) is 1. The number of anilines is 1. The number of ether oxygens (including phenoxy) is 1. The van der Waals surface area contributed by atoms with E-state index in [0.29, 0.717) is 0 Å². The summed E-state index contributed by atoms with van der Waals surface area (Å²) in [5.41, 5.74) is 7.12. The maximum absolute atomic E-state index is 12.6. The van der Waals surface area contributed by atoms with E-state index in [4.69, 9.17) is 10.5 Å². The molecule has 2 rings (SSSR count). The Morgan fingerprint density at radius 2 is 2.00 bits per heavy atom. The van der Waals surface area contributed by atoms with Crippen molar-refractivity contribution in [3.05, 3.63) is 23.8 Å². The summed E-state index contributed by atoms with van der Waals surface area (Å²) in [5.74, 6) is 0.734. The van der Waals surface area contributed by atoms with E-state index in [1.54, 1.807) is 13.8 Å². The zero-order chi connectivity index (χ0) is 15.1. The first-order valence-electron chi connectivity index (χ1n) is 7.20. The molecule has 1 heterocycles. The molecule has 1 amide bonds. The van der Waals surface area contributed by atoms with E-state index in [1.165, 1.54) is 0 Å². The van der Waals surface area contributed by atoms with Gasteiger partial charge < -0.3 is 15.4 Å². The van der Waals surface area contributed by atoms with Gasteiger partial charge in [0.25, 0.3) is 5.91 Å². The van der Waals surface area contributed by atoms with Gasteiger partial charge in [-0.15, -0.1) is 0 Å². The second kappa shape index (κ2) is 5.09. The summed E-state index contributed by atoms with van der Waals surface area (Å²) in [6.45, 7) is 9.68. The van der Waals surface area contributed by atoms with E-state index < -0.39 is 5.60 Å². The first-order valence-corrected chi connectivity index (χ1v) is 7.20. The van der Waals surface area contributed by atoms with Crippen LogP contribution in [0.25, 0.3) is 0 Å². The maximum Gasteiger partial charge on any atom is 0.270 e. The van der Waals surface area contributed by atoms with Gasteiger partial charge in [0.15, 0.2) is 5.60 Å². The van der Waals surface area contributed by atoms with Crippen molar-refractivity contribution in [3.63, 3.8) is 0 Å². The third-order valence-corrected chi connectivity index (χ3v) is 3.73. The van der Waals surface area contributed by atoms with E-state index in [2.05, 4.69) is 6.92 Å². The van der Waals surface area contributed by atoms with Gasteiger partial charge in [-0.3, -0.25) is 4.79 Å². The Hall–Kier alpha value is -1.55.